The van der Waals surface area contributed by atoms with E-state index in [-0.39, 0.29) is 6.10 Å². The van der Waals surface area contributed by atoms with Gasteiger partial charge >= 0.3 is 0 Å². The number of piperidine rings is 1. The van der Waals surface area contributed by atoms with Crippen molar-refractivity contribution in [2.75, 3.05) is 13.1 Å². The molecule has 0 radical (unpaired) electrons. The Morgan fingerprint density at radius 3 is 2.86 bits per heavy atom. The van der Waals surface area contributed by atoms with Gasteiger partial charge in [0.1, 0.15) is 6.10 Å². The van der Waals surface area contributed by atoms with Gasteiger partial charge in [-0.2, -0.15) is 0 Å². The van der Waals surface area contributed by atoms with Gasteiger partial charge in [0.15, 0.2) is 0 Å². The Morgan fingerprint density at radius 2 is 2.10 bits per heavy atom. The summed E-state index contributed by atoms with van der Waals surface area (Å²) in [6, 6.07) is 0. The summed E-state index contributed by atoms with van der Waals surface area (Å²) >= 11 is 0. The highest BCUT2D eigenvalue weighted by Gasteiger charge is 2.27. The van der Waals surface area contributed by atoms with Crippen LogP contribution in [0.1, 0.15) is 44.9 Å². The summed E-state index contributed by atoms with van der Waals surface area (Å²) in [6.45, 7) is 1.55. The van der Waals surface area contributed by atoms with Crippen LogP contribution in [0.25, 0.3) is 0 Å². The first-order valence-electron chi connectivity index (χ1n) is 8.02. The summed E-state index contributed by atoms with van der Waals surface area (Å²) < 4.78 is 5.84. The van der Waals surface area contributed by atoms with Crippen LogP contribution in [0.15, 0.2) is 18.6 Å². The maximum absolute atomic E-state index is 12.4. The molecule has 1 aliphatic carbocycles. The molecule has 1 saturated heterocycles. The van der Waals surface area contributed by atoms with Crippen LogP contribution in [0, 0.1) is 5.92 Å². The van der Waals surface area contributed by atoms with Crippen molar-refractivity contribution >= 4 is 5.91 Å². The topological polar surface area (TPSA) is 55.3 Å². The SMILES string of the molecule is O=C(CC1CCCC1)N1CCCC(Oc2cnccn2)C1. The number of ether oxygens (including phenoxy) is 1. The minimum atomic E-state index is 0.0444. The summed E-state index contributed by atoms with van der Waals surface area (Å²) in [5, 5.41) is 0. The van der Waals surface area contributed by atoms with Gasteiger partial charge in [0.05, 0.1) is 12.7 Å². The lowest BCUT2D eigenvalue weighted by atomic mass is 10.0. The Labute approximate surface area is 125 Å². The highest BCUT2D eigenvalue weighted by molar-refractivity contribution is 5.76. The molecule has 0 N–H and O–H groups in total. The molecule has 5 heteroatoms. The molecule has 114 valence electrons. The van der Waals surface area contributed by atoms with Crippen LogP contribution in [0.5, 0.6) is 5.88 Å². The fourth-order valence-electron chi connectivity index (χ4n) is 3.37. The van der Waals surface area contributed by atoms with E-state index in [0.29, 0.717) is 24.2 Å². The molecule has 21 heavy (non-hydrogen) atoms. The predicted octanol–water partition coefficient (Wildman–Crippen LogP) is 2.43. The molecule has 1 amide bonds. The number of rotatable bonds is 4. The van der Waals surface area contributed by atoms with Crippen LogP contribution in [-0.4, -0.2) is 40.0 Å². The van der Waals surface area contributed by atoms with Crippen LogP contribution in [0.4, 0.5) is 0 Å². The van der Waals surface area contributed by atoms with Crippen LogP contribution < -0.4 is 4.74 Å². The molecule has 5 nitrogen and oxygen atoms in total. The minimum Gasteiger partial charge on any atom is -0.471 e. The van der Waals surface area contributed by atoms with E-state index in [9.17, 15) is 4.79 Å². The van der Waals surface area contributed by atoms with Crippen molar-refractivity contribution in [2.24, 2.45) is 5.92 Å². The van der Waals surface area contributed by atoms with Crippen LogP contribution in [0.2, 0.25) is 0 Å². The first-order valence-corrected chi connectivity index (χ1v) is 8.02. The normalized spacial score (nSPS) is 23.2. The van der Waals surface area contributed by atoms with Crippen LogP contribution >= 0.6 is 0 Å². The Morgan fingerprint density at radius 1 is 1.24 bits per heavy atom. The first-order chi connectivity index (χ1) is 10.3. The van der Waals surface area contributed by atoms with Crippen molar-refractivity contribution in [3.63, 3.8) is 0 Å². The van der Waals surface area contributed by atoms with Crippen molar-refractivity contribution in [3.8, 4) is 5.88 Å². The first kappa shape index (κ1) is 14.3. The number of carbonyl (C=O) groups excluding carboxylic acids is 1. The third-order valence-electron chi connectivity index (χ3n) is 4.50. The lowest BCUT2D eigenvalue weighted by Crippen LogP contribution is -2.44. The van der Waals surface area contributed by atoms with Gasteiger partial charge in [-0.15, -0.1) is 0 Å². The van der Waals surface area contributed by atoms with E-state index in [2.05, 4.69) is 9.97 Å². The van der Waals surface area contributed by atoms with E-state index in [1.54, 1.807) is 18.6 Å². The number of hydrogen-bond acceptors (Lipinski definition) is 4. The summed E-state index contributed by atoms with van der Waals surface area (Å²) in [5.41, 5.74) is 0. The van der Waals surface area contributed by atoms with E-state index in [1.807, 2.05) is 4.90 Å². The monoisotopic (exact) mass is 289 g/mol. The largest absolute Gasteiger partial charge is 0.471 e. The summed E-state index contributed by atoms with van der Waals surface area (Å²) in [5.74, 6) is 1.46. The number of nitrogens with zero attached hydrogens (tertiary/aromatic N) is 3. The molecule has 1 aromatic heterocycles. The molecule has 0 bridgehead atoms. The van der Waals surface area contributed by atoms with E-state index in [4.69, 9.17) is 4.74 Å². The van der Waals surface area contributed by atoms with Crippen molar-refractivity contribution in [1.82, 2.24) is 14.9 Å². The molecule has 1 aliphatic heterocycles. The Balaban J connectivity index is 1.51. The van der Waals surface area contributed by atoms with E-state index in [0.717, 1.165) is 25.8 Å². The van der Waals surface area contributed by atoms with Gasteiger partial charge < -0.3 is 9.64 Å². The van der Waals surface area contributed by atoms with E-state index < -0.39 is 0 Å². The van der Waals surface area contributed by atoms with Crippen molar-refractivity contribution in [3.05, 3.63) is 18.6 Å². The predicted molar refractivity (Wildman–Crippen MR) is 78.8 cm³/mol. The zero-order valence-electron chi connectivity index (χ0n) is 12.4. The average molecular weight is 289 g/mol. The van der Waals surface area contributed by atoms with Gasteiger partial charge in [-0.3, -0.25) is 9.78 Å². The highest BCUT2D eigenvalue weighted by atomic mass is 16.5. The Bertz CT molecular complexity index is 460. The van der Waals surface area contributed by atoms with Crippen molar-refractivity contribution in [2.45, 2.75) is 51.0 Å². The molecule has 1 unspecified atom stereocenters. The molecule has 3 rings (SSSR count). The van der Waals surface area contributed by atoms with Crippen LogP contribution in [0.3, 0.4) is 0 Å². The van der Waals surface area contributed by atoms with Crippen LogP contribution in [-0.2, 0) is 4.79 Å². The molecule has 1 saturated carbocycles. The highest BCUT2D eigenvalue weighted by Crippen LogP contribution is 2.28. The molecule has 0 spiro atoms. The number of hydrogen-bond donors (Lipinski definition) is 0. The summed E-state index contributed by atoms with van der Waals surface area (Å²) in [6.07, 6.45) is 12.6. The van der Waals surface area contributed by atoms with Gasteiger partial charge in [-0.25, -0.2) is 4.98 Å². The third-order valence-corrected chi connectivity index (χ3v) is 4.50. The van der Waals surface area contributed by atoms with Gasteiger partial charge in [0, 0.05) is 25.4 Å². The molecule has 2 fully saturated rings. The van der Waals surface area contributed by atoms with E-state index in [1.165, 1.54) is 25.7 Å². The van der Waals surface area contributed by atoms with Crippen molar-refractivity contribution < 1.29 is 9.53 Å². The second-order valence-electron chi connectivity index (χ2n) is 6.12. The summed E-state index contributed by atoms with van der Waals surface area (Å²) in [7, 11) is 0. The van der Waals surface area contributed by atoms with Gasteiger partial charge in [-0.1, -0.05) is 12.8 Å². The molecule has 2 aliphatic rings. The fourth-order valence-corrected chi connectivity index (χ4v) is 3.37. The number of carbonyl (C=O) groups is 1. The second-order valence-corrected chi connectivity index (χ2v) is 6.12. The van der Waals surface area contributed by atoms with Gasteiger partial charge in [0.25, 0.3) is 0 Å². The maximum atomic E-state index is 12.4. The average Bonchev–Trinajstić information content (AvgIpc) is 3.01. The molecular formula is C16H23N3O2. The lowest BCUT2D eigenvalue weighted by Gasteiger charge is -2.33. The quantitative estimate of drug-likeness (QED) is 0.854. The number of aromatic nitrogens is 2. The minimum absolute atomic E-state index is 0.0444. The molecule has 1 aromatic rings. The zero-order valence-corrected chi connectivity index (χ0v) is 12.4. The lowest BCUT2D eigenvalue weighted by molar-refractivity contribution is -0.134. The third kappa shape index (κ3) is 3.93. The number of likely N-dealkylation sites (tertiary alicyclic amines) is 1. The molecular weight excluding hydrogens is 266 g/mol. The van der Waals surface area contributed by atoms with E-state index >= 15 is 0 Å². The maximum Gasteiger partial charge on any atom is 0.232 e. The van der Waals surface area contributed by atoms with Gasteiger partial charge in [-0.05, 0) is 31.6 Å². The van der Waals surface area contributed by atoms with Gasteiger partial charge in [0.2, 0.25) is 11.8 Å². The fraction of sp³-hybridized carbons (Fsp3) is 0.688. The zero-order chi connectivity index (χ0) is 14.5. The summed E-state index contributed by atoms with van der Waals surface area (Å²) in [4.78, 5) is 22.5. The Hall–Kier alpha value is -1.65. The standard InChI is InChI=1S/C16H23N3O2/c20-16(10-13-4-1-2-5-13)19-9-3-6-14(12-19)21-15-11-17-7-8-18-15/h7-8,11,13-14H,1-6,9-10,12H2. The molecule has 1 atom stereocenters. The van der Waals surface area contributed by atoms with Crippen molar-refractivity contribution in [1.29, 1.82) is 0 Å². The number of amides is 1. The second kappa shape index (κ2) is 6.87. The molecule has 2 heterocycles. The Kier molecular flexibility index (Phi) is 4.68. The smallest absolute Gasteiger partial charge is 0.232 e. The molecule has 0 aromatic carbocycles.